The fourth-order valence-corrected chi connectivity index (χ4v) is 2.72. The molecule has 1 aromatic heterocycles. The van der Waals surface area contributed by atoms with Crippen LogP contribution in [0.15, 0.2) is 42.5 Å². The summed E-state index contributed by atoms with van der Waals surface area (Å²) in [5.41, 5.74) is 3.21. The first-order valence-electron chi connectivity index (χ1n) is 7.34. The molecule has 1 unspecified atom stereocenters. The molecule has 1 heterocycles. The van der Waals surface area contributed by atoms with E-state index in [1.165, 1.54) is 0 Å². The van der Waals surface area contributed by atoms with Gasteiger partial charge in [-0.15, -0.1) is 0 Å². The third-order valence-electron chi connectivity index (χ3n) is 3.80. The Morgan fingerprint density at radius 1 is 1.30 bits per heavy atom. The second kappa shape index (κ2) is 6.11. The zero-order valence-corrected chi connectivity index (χ0v) is 13.0. The Labute approximate surface area is 134 Å². The zero-order valence-electron chi connectivity index (χ0n) is 13.0. The number of aliphatic hydroxyl groups excluding tert-OH is 1. The second-order valence-electron chi connectivity index (χ2n) is 5.36. The highest BCUT2D eigenvalue weighted by Gasteiger charge is 2.16. The number of ether oxygens (including phenoxy) is 1. The number of nitriles is 1. The topological polar surface area (TPSA) is 71.1 Å². The van der Waals surface area contributed by atoms with E-state index in [4.69, 9.17) is 10.00 Å². The lowest BCUT2D eigenvalue weighted by molar-refractivity contribution is 0.185. The van der Waals surface area contributed by atoms with Gasteiger partial charge in [0, 0.05) is 5.56 Å². The van der Waals surface area contributed by atoms with Gasteiger partial charge >= 0.3 is 0 Å². The van der Waals surface area contributed by atoms with E-state index in [1.54, 1.807) is 32.2 Å². The minimum Gasteiger partial charge on any atom is -0.496 e. The third-order valence-corrected chi connectivity index (χ3v) is 3.80. The van der Waals surface area contributed by atoms with Crippen LogP contribution in [0.1, 0.15) is 30.0 Å². The van der Waals surface area contributed by atoms with Crippen LogP contribution in [-0.4, -0.2) is 21.8 Å². The van der Waals surface area contributed by atoms with Gasteiger partial charge in [-0.2, -0.15) is 5.26 Å². The molecule has 5 heteroatoms. The van der Waals surface area contributed by atoms with Gasteiger partial charge in [0.25, 0.3) is 0 Å². The number of fused-ring (bicyclic) bond motifs is 1. The van der Waals surface area contributed by atoms with Crippen LogP contribution in [0.25, 0.3) is 11.0 Å². The van der Waals surface area contributed by atoms with Crippen molar-refractivity contribution in [3.8, 4) is 11.8 Å². The van der Waals surface area contributed by atoms with Crippen LogP contribution in [0, 0.1) is 11.3 Å². The molecule has 0 bridgehead atoms. The lowest BCUT2D eigenvalue weighted by Crippen LogP contribution is -2.09. The van der Waals surface area contributed by atoms with Crippen molar-refractivity contribution in [2.45, 2.75) is 19.6 Å². The summed E-state index contributed by atoms with van der Waals surface area (Å²) in [6.45, 7) is 2.17. The zero-order chi connectivity index (χ0) is 16.4. The summed E-state index contributed by atoms with van der Waals surface area (Å²) in [5.74, 6) is 1.30. The maximum atomic E-state index is 10.0. The third kappa shape index (κ3) is 2.77. The van der Waals surface area contributed by atoms with E-state index in [0.717, 1.165) is 16.6 Å². The normalized spacial score (nSPS) is 12.1. The number of methoxy groups -OCH3 is 1. The van der Waals surface area contributed by atoms with Crippen molar-refractivity contribution < 1.29 is 9.84 Å². The summed E-state index contributed by atoms with van der Waals surface area (Å²) in [7, 11) is 1.60. The van der Waals surface area contributed by atoms with Gasteiger partial charge in [-0.3, -0.25) is 0 Å². The fraction of sp³-hybridized carbons (Fsp3) is 0.222. The van der Waals surface area contributed by atoms with Crippen LogP contribution in [0.2, 0.25) is 0 Å². The van der Waals surface area contributed by atoms with Crippen molar-refractivity contribution in [3.63, 3.8) is 0 Å². The standard InChI is InChI=1S/C18H17N3O2/c1-12(22)18-20-15-5-3-4-6-16(15)21(18)11-14-9-13(10-19)7-8-17(14)23-2/h3-9,12,22H,11H2,1-2H3. The van der Waals surface area contributed by atoms with Gasteiger partial charge in [0.1, 0.15) is 17.7 Å². The maximum absolute atomic E-state index is 10.0. The first-order chi connectivity index (χ1) is 11.1. The molecule has 2 aromatic carbocycles. The number of nitrogens with zero attached hydrogens (tertiary/aromatic N) is 3. The maximum Gasteiger partial charge on any atom is 0.138 e. The number of hydrogen-bond acceptors (Lipinski definition) is 4. The van der Waals surface area contributed by atoms with Crippen LogP contribution in [0.4, 0.5) is 0 Å². The minimum atomic E-state index is -0.687. The van der Waals surface area contributed by atoms with Gasteiger partial charge in [-0.05, 0) is 37.3 Å². The largest absolute Gasteiger partial charge is 0.496 e. The molecule has 0 aliphatic carbocycles. The summed E-state index contributed by atoms with van der Waals surface area (Å²) in [4.78, 5) is 4.51. The Hall–Kier alpha value is -2.84. The van der Waals surface area contributed by atoms with Crippen LogP contribution in [0.5, 0.6) is 5.75 Å². The molecule has 3 aromatic rings. The molecule has 0 radical (unpaired) electrons. The first-order valence-corrected chi connectivity index (χ1v) is 7.34. The Bertz CT molecular complexity index is 891. The molecule has 1 N–H and O–H groups in total. The predicted molar refractivity (Wildman–Crippen MR) is 87.2 cm³/mol. The average molecular weight is 307 g/mol. The minimum absolute atomic E-state index is 0.472. The van der Waals surface area contributed by atoms with Gasteiger partial charge in [-0.1, -0.05) is 12.1 Å². The number of benzene rings is 2. The molecule has 5 nitrogen and oxygen atoms in total. The number of imidazole rings is 1. The first kappa shape index (κ1) is 15.1. The highest BCUT2D eigenvalue weighted by Crippen LogP contribution is 2.26. The van der Waals surface area contributed by atoms with Gasteiger partial charge in [-0.25, -0.2) is 4.98 Å². The van der Waals surface area contributed by atoms with Crippen molar-refractivity contribution in [1.29, 1.82) is 5.26 Å². The molecule has 0 spiro atoms. The number of aliphatic hydroxyl groups is 1. The molecule has 0 saturated carbocycles. The number of rotatable bonds is 4. The van der Waals surface area contributed by atoms with Crippen LogP contribution < -0.4 is 4.74 Å². The van der Waals surface area contributed by atoms with E-state index >= 15 is 0 Å². The molecule has 1 atom stereocenters. The van der Waals surface area contributed by atoms with E-state index in [0.29, 0.717) is 23.7 Å². The lowest BCUT2D eigenvalue weighted by Gasteiger charge is -2.14. The molecule has 0 fully saturated rings. The van der Waals surface area contributed by atoms with E-state index in [-0.39, 0.29) is 0 Å². The molecule has 116 valence electrons. The SMILES string of the molecule is COc1ccc(C#N)cc1Cn1c(C(C)O)nc2ccccc21. The van der Waals surface area contributed by atoms with Gasteiger partial charge in [0.05, 0.1) is 36.3 Å². The Balaban J connectivity index is 2.15. The average Bonchev–Trinajstić information content (AvgIpc) is 2.94. The summed E-state index contributed by atoms with van der Waals surface area (Å²) >= 11 is 0. The van der Waals surface area contributed by atoms with Gasteiger partial charge < -0.3 is 14.4 Å². The van der Waals surface area contributed by atoms with Gasteiger partial charge in [0.15, 0.2) is 0 Å². The van der Waals surface area contributed by atoms with E-state index in [9.17, 15) is 5.11 Å². The Morgan fingerprint density at radius 3 is 2.78 bits per heavy atom. The monoisotopic (exact) mass is 307 g/mol. The molecular formula is C18H17N3O2. The molecule has 0 aliphatic heterocycles. The van der Waals surface area contributed by atoms with Crippen LogP contribution in [0.3, 0.4) is 0 Å². The van der Waals surface area contributed by atoms with Crippen molar-refractivity contribution in [2.24, 2.45) is 0 Å². The number of aromatic nitrogens is 2. The van der Waals surface area contributed by atoms with Crippen molar-refractivity contribution >= 4 is 11.0 Å². The number of para-hydroxylation sites is 2. The fourth-order valence-electron chi connectivity index (χ4n) is 2.72. The van der Waals surface area contributed by atoms with E-state index < -0.39 is 6.10 Å². The van der Waals surface area contributed by atoms with Crippen LogP contribution >= 0.6 is 0 Å². The molecule has 3 rings (SSSR count). The molecule has 0 amide bonds. The Kier molecular flexibility index (Phi) is 4.00. The molecular weight excluding hydrogens is 290 g/mol. The van der Waals surface area contributed by atoms with Crippen molar-refractivity contribution in [1.82, 2.24) is 9.55 Å². The molecule has 0 saturated heterocycles. The van der Waals surface area contributed by atoms with Crippen molar-refractivity contribution in [3.05, 3.63) is 59.4 Å². The highest BCUT2D eigenvalue weighted by molar-refractivity contribution is 5.76. The quantitative estimate of drug-likeness (QED) is 0.804. The smallest absolute Gasteiger partial charge is 0.138 e. The second-order valence-corrected chi connectivity index (χ2v) is 5.36. The Morgan fingerprint density at radius 2 is 2.09 bits per heavy atom. The van der Waals surface area contributed by atoms with E-state index in [2.05, 4.69) is 11.1 Å². The van der Waals surface area contributed by atoms with Crippen LogP contribution in [-0.2, 0) is 6.54 Å². The summed E-state index contributed by atoms with van der Waals surface area (Å²) in [6.07, 6.45) is -0.687. The van der Waals surface area contributed by atoms with E-state index in [1.807, 2.05) is 28.8 Å². The molecule has 23 heavy (non-hydrogen) atoms. The highest BCUT2D eigenvalue weighted by atomic mass is 16.5. The number of hydrogen-bond donors (Lipinski definition) is 1. The summed E-state index contributed by atoms with van der Waals surface area (Å²) < 4.78 is 7.36. The van der Waals surface area contributed by atoms with Crippen molar-refractivity contribution in [2.75, 3.05) is 7.11 Å². The lowest BCUT2D eigenvalue weighted by atomic mass is 10.1. The summed E-state index contributed by atoms with van der Waals surface area (Å²) in [6, 6.07) is 15.2. The predicted octanol–water partition coefficient (Wildman–Crippen LogP) is 3.02. The molecule has 0 aliphatic rings. The van der Waals surface area contributed by atoms with Gasteiger partial charge in [0.2, 0.25) is 0 Å². The summed E-state index contributed by atoms with van der Waals surface area (Å²) in [5, 5.41) is 19.2.